The van der Waals surface area contributed by atoms with E-state index in [-0.39, 0.29) is 36.6 Å². The summed E-state index contributed by atoms with van der Waals surface area (Å²) in [4.78, 5) is 27.1. The Labute approximate surface area is 160 Å². The van der Waals surface area contributed by atoms with Gasteiger partial charge in [0.15, 0.2) is 0 Å². The van der Waals surface area contributed by atoms with Crippen LogP contribution in [0.3, 0.4) is 0 Å². The van der Waals surface area contributed by atoms with Crippen molar-refractivity contribution in [1.82, 2.24) is 10.2 Å². The first-order valence-electron chi connectivity index (χ1n) is 9.29. The van der Waals surface area contributed by atoms with E-state index < -0.39 is 6.04 Å². The SMILES string of the molecule is CCC(=O)N(Cc1ccccc1F)C(Cc1ccccc1)C(=O)NC(C)C. The van der Waals surface area contributed by atoms with Gasteiger partial charge in [0.05, 0.1) is 0 Å². The Bertz CT molecular complexity index is 762. The molecule has 0 spiro atoms. The number of nitrogens with one attached hydrogen (secondary N) is 1. The maximum atomic E-state index is 14.2. The molecule has 27 heavy (non-hydrogen) atoms. The van der Waals surface area contributed by atoms with Crippen LogP contribution in [0, 0.1) is 5.82 Å². The van der Waals surface area contributed by atoms with Gasteiger partial charge in [-0.3, -0.25) is 9.59 Å². The summed E-state index contributed by atoms with van der Waals surface area (Å²) in [6.45, 7) is 5.56. The number of benzene rings is 2. The van der Waals surface area contributed by atoms with Gasteiger partial charge in [-0.25, -0.2) is 4.39 Å². The van der Waals surface area contributed by atoms with Crippen LogP contribution in [-0.2, 0) is 22.6 Å². The summed E-state index contributed by atoms with van der Waals surface area (Å²) in [6, 6.07) is 15.1. The molecule has 144 valence electrons. The van der Waals surface area contributed by atoms with Crippen molar-refractivity contribution in [1.29, 1.82) is 0 Å². The van der Waals surface area contributed by atoms with E-state index in [2.05, 4.69) is 5.32 Å². The minimum Gasteiger partial charge on any atom is -0.352 e. The predicted octanol–water partition coefficient (Wildman–Crippen LogP) is 3.70. The number of rotatable bonds is 8. The van der Waals surface area contributed by atoms with Gasteiger partial charge in [0.25, 0.3) is 0 Å². The normalized spacial score (nSPS) is 11.9. The molecule has 4 nitrogen and oxygen atoms in total. The van der Waals surface area contributed by atoms with Crippen LogP contribution in [0.15, 0.2) is 54.6 Å². The van der Waals surface area contributed by atoms with E-state index >= 15 is 0 Å². The zero-order valence-corrected chi connectivity index (χ0v) is 16.1. The second kappa shape index (κ2) is 9.86. The maximum absolute atomic E-state index is 14.2. The smallest absolute Gasteiger partial charge is 0.243 e. The number of carbonyl (C=O) groups excluding carboxylic acids is 2. The first kappa shape index (κ1) is 20.6. The summed E-state index contributed by atoms with van der Waals surface area (Å²) in [7, 11) is 0. The van der Waals surface area contributed by atoms with Crippen LogP contribution >= 0.6 is 0 Å². The van der Waals surface area contributed by atoms with Crippen LogP contribution in [0.1, 0.15) is 38.3 Å². The Morgan fingerprint density at radius 3 is 2.26 bits per heavy atom. The number of hydrogen-bond donors (Lipinski definition) is 1. The molecule has 0 aromatic heterocycles. The van der Waals surface area contributed by atoms with E-state index in [1.807, 2.05) is 44.2 Å². The molecule has 1 unspecified atom stereocenters. The molecule has 2 rings (SSSR count). The zero-order chi connectivity index (χ0) is 19.8. The lowest BCUT2D eigenvalue weighted by molar-refractivity contribution is -0.141. The summed E-state index contributed by atoms with van der Waals surface area (Å²) < 4.78 is 14.2. The lowest BCUT2D eigenvalue weighted by Gasteiger charge is -2.32. The first-order valence-corrected chi connectivity index (χ1v) is 9.29. The van der Waals surface area contributed by atoms with Crippen LogP contribution in [0.5, 0.6) is 0 Å². The van der Waals surface area contributed by atoms with Gasteiger partial charge in [0, 0.05) is 31.0 Å². The standard InChI is InChI=1S/C22H27FN2O2/c1-4-21(26)25(15-18-12-8-9-13-19(18)23)20(22(27)24-16(2)3)14-17-10-6-5-7-11-17/h5-13,16,20H,4,14-15H2,1-3H3,(H,24,27). The van der Waals surface area contributed by atoms with Gasteiger partial charge in [0.2, 0.25) is 11.8 Å². The van der Waals surface area contributed by atoms with Gasteiger partial charge in [-0.15, -0.1) is 0 Å². The van der Waals surface area contributed by atoms with E-state index in [9.17, 15) is 14.0 Å². The van der Waals surface area contributed by atoms with E-state index in [0.29, 0.717) is 12.0 Å². The molecule has 0 aliphatic heterocycles. The van der Waals surface area contributed by atoms with Crippen molar-refractivity contribution in [3.63, 3.8) is 0 Å². The molecule has 0 aliphatic carbocycles. The number of nitrogens with zero attached hydrogens (tertiary/aromatic N) is 1. The van der Waals surface area contributed by atoms with Gasteiger partial charge < -0.3 is 10.2 Å². The van der Waals surface area contributed by atoms with E-state index in [1.54, 1.807) is 25.1 Å². The molecule has 1 N–H and O–H groups in total. The Hall–Kier alpha value is -2.69. The minimum absolute atomic E-state index is 0.0530. The summed E-state index contributed by atoms with van der Waals surface area (Å²) in [5, 5.41) is 2.90. The summed E-state index contributed by atoms with van der Waals surface area (Å²) in [6.07, 6.45) is 0.619. The fraction of sp³-hybridized carbons (Fsp3) is 0.364. The highest BCUT2D eigenvalue weighted by Crippen LogP contribution is 2.17. The summed E-state index contributed by atoms with van der Waals surface area (Å²) in [5.74, 6) is -0.792. The maximum Gasteiger partial charge on any atom is 0.243 e. The average Bonchev–Trinajstić information content (AvgIpc) is 2.65. The molecule has 0 fully saturated rings. The topological polar surface area (TPSA) is 49.4 Å². The van der Waals surface area contributed by atoms with Crippen LogP contribution in [0.2, 0.25) is 0 Å². The van der Waals surface area contributed by atoms with Crippen LogP contribution in [0.4, 0.5) is 4.39 Å². The molecule has 0 saturated carbocycles. The zero-order valence-electron chi connectivity index (χ0n) is 16.1. The predicted molar refractivity (Wildman–Crippen MR) is 104 cm³/mol. The lowest BCUT2D eigenvalue weighted by atomic mass is 10.0. The van der Waals surface area contributed by atoms with Gasteiger partial charge in [-0.2, -0.15) is 0 Å². The third-order valence-corrected chi connectivity index (χ3v) is 4.30. The second-order valence-corrected chi connectivity index (χ2v) is 6.84. The van der Waals surface area contributed by atoms with Crippen molar-refractivity contribution in [2.24, 2.45) is 0 Å². The minimum atomic E-state index is -0.707. The monoisotopic (exact) mass is 370 g/mol. The molecule has 0 aliphatic rings. The lowest BCUT2D eigenvalue weighted by Crippen LogP contribution is -2.51. The highest BCUT2D eigenvalue weighted by molar-refractivity contribution is 5.88. The van der Waals surface area contributed by atoms with Crippen molar-refractivity contribution in [3.05, 3.63) is 71.5 Å². The fourth-order valence-corrected chi connectivity index (χ4v) is 2.95. The van der Waals surface area contributed by atoms with E-state index in [0.717, 1.165) is 5.56 Å². The number of amides is 2. The van der Waals surface area contributed by atoms with Gasteiger partial charge >= 0.3 is 0 Å². The van der Waals surface area contributed by atoms with Crippen LogP contribution in [0.25, 0.3) is 0 Å². The van der Waals surface area contributed by atoms with Crippen molar-refractivity contribution >= 4 is 11.8 Å². The largest absolute Gasteiger partial charge is 0.352 e. The number of carbonyl (C=O) groups is 2. The molecule has 2 aromatic carbocycles. The quantitative estimate of drug-likeness (QED) is 0.770. The molecule has 2 aromatic rings. The highest BCUT2D eigenvalue weighted by atomic mass is 19.1. The molecule has 0 saturated heterocycles. The first-order chi connectivity index (χ1) is 12.9. The Kier molecular flexibility index (Phi) is 7.53. The number of halogens is 1. The van der Waals surface area contributed by atoms with Gasteiger partial charge in [-0.1, -0.05) is 55.5 Å². The molecule has 1 atom stereocenters. The summed E-state index contributed by atoms with van der Waals surface area (Å²) in [5.41, 5.74) is 1.35. The van der Waals surface area contributed by atoms with Crippen LogP contribution in [-0.4, -0.2) is 28.8 Å². The Morgan fingerprint density at radius 2 is 1.67 bits per heavy atom. The molecule has 0 heterocycles. The highest BCUT2D eigenvalue weighted by Gasteiger charge is 2.30. The van der Waals surface area contributed by atoms with Gasteiger partial charge in [0.1, 0.15) is 11.9 Å². The summed E-state index contributed by atoms with van der Waals surface area (Å²) >= 11 is 0. The van der Waals surface area contributed by atoms with Crippen LogP contribution < -0.4 is 5.32 Å². The number of hydrogen-bond acceptors (Lipinski definition) is 2. The third kappa shape index (κ3) is 5.91. The second-order valence-electron chi connectivity index (χ2n) is 6.84. The van der Waals surface area contributed by atoms with E-state index in [1.165, 1.54) is 11.0 Å². The van der Waals surface area contributed by atoms with Crippen molar-refractivity contribution in [2.45, 2.75) is 52.2 Å². The van der Waals surface area contributed by atoms with Crippen molar-refractivity contribution < 1.29 is 14.0 Å². The van der Waals surface area contributed by atoms with E-state index in [4.69, 9.17) is 0 Å². The third-order valence-electron chi connectivity index (χ3n) is 4.30. The molecular formula is C22H27FN2O2. The van der Waals surface area contributed by atoms with Crippen molar-refractivity contribution in [3.8, 4) is 0 Å². The van der Waals surface area contributed by atoms with Crippen molar-refractivity contribution in [2.75, 3.05) is 0 Å². The Morgan fingerprint density at radius 1 is 1.04 bits per heavy atom. The average molecular weight is 370 g/mol. The van der Waals surface area contributed by atoms with Gasteiger partial charge in [-0.05, 0) is 25.5 Å². The molecule has 0 radical (unpaired) electrons. The molecule has 0 bridgehead atoms. The fourth-order valence-electron chi connectivity index (χ4n) is 2.95. The molecule has 5 heteroatoms. The Balaban J connectivity index is 2.37. The molecule has 2 amide bonds. The molecular weight excluding hydrogens is 343 g/mol.